The van der Waals surface area contributed by atoms with E-state index in [1.807, 2.05) is 0 Å². The van der Waals surface area contributed by atoms with E-state index in [0.717, 1.165) is 5.01 Å². The first-order valence-electron chi connectivity index (χ1n) is 4.09. The van der Waals surface area contributed by atoms with Crippen LogP contribution in [0.5, 0.6) is 0 Å². The van der Waals surface area contributed by atoms with Crippen LogP contribution in [0.1, 0.15) is 6.42 Å². The maximum absolute atomic E-state index is 11.4. The van der Waals surface area contributed by atoms with Crippen LogP contribution in [-0.2, 0) is 9.59 Å². The fraction of sp³-hybridized carbons (Fsp3) is 0.125. The lowest BCUT2D eigenvalue weighted by atomic mass is 10.3. The summed E-state index contributed by atoms with van der Waals surface area (Å²) in [5.74, 6) is -1.57. The summed E-state index contributed by atoms with van der Waals surface area (Å²) >= 11 is 0. The van der Waals surface area contributed by atoms with E-state index in [2.05, 4.69) is 15.1 Å². The van der Waals surface area contributed by atoms with Crippen LogP contribution in [0.4, 0.5) is 5.95 Å². The fourth-order valence-corrected chi connectivity index (χ4v) is 1.11. The van der Waals surface area contributed by atoms with E-state index in [9.17, 15) is 9.59 Å². The van der Waals surface area contributed by atoms with E-state index in [1.165, 1.54) is 12.4 Å². The van der Waals surface area contributed by atoms with Crippen molar-refractivity contribution in [2.75, 3.05) is 5.01 Å². The van der Waals surface area contributed by atoms with E-state index >= 15 is 0 Å². The lowest BCUT2D eigenvalue weighted by Crippen LogP contribution is -2.21. The van der Waals surface area contributed by atoms with Gasteiger partial charge in [0, 0.05) is 12.4 Å². The molecule has 1 aliphatic heterocycles. The highest BCUT2D eigenvalue weighted by Crippen LogP contribution is 2.14. The number of anilines is 1. The van der Waals surface area contributed by atoms with Crippen molar-refractivity contribution in [3.05, 3.63) is 18.5 Å². The molecule has 0 spiro atoms. The minimum absolute atomic E-state index is 0.0822. The van der Waals surface area contributed by atoms with Gasteiger partial charge in [0.05, 0.1) is 6.42 Å². The van der Waals surface area contributed by atoms with Gasteiger partial charge >= 0.3 is 5.97 Å². The Hall–Kier alpha value is -2.31. The smallest absolute Gasteiger partial charge is 0.352 e. The Bertz CT molecular complexity index is 442. The molecule has 7 nitrogen and oxygen atoms in total. The predicted molar refractivity (Wildman–Crippen MR) is 49.2 cm³/mol. The second-order valence-electron chi connectivity index (χ2n) is 2.78. The van der Waals surface area contributed by atoms with Crippen LogP contribution < -0.4 is 5.01 Å². The molecular weight excluding hydrogens is 200 g/mol. The number of carbonyl (C=O) groups is 2. The third kappa shape index (κ3) is 1.66. The van der Waals surface area contributed by atoms with E-state index in [-0.39, 0.29) is 18.1 Å². The highest BCUT2D eigenvalue weighted by atomic mass is 16.4. The Labute approximate surface area is 84.1 Å². The third-order valence-electron chi connectivity index (χ3n) is 1.76. The lowest BCUT2D eigenvalue weighted by molar-refractivity contribution is -0.129. The molecule has 1 N–H and O–H groups in total. The van der Waals surface area contributed by atoms with Crippen LogP contribution in [0.15, 0.2) is 23.6 Å². The molecular formula is C8H6N4O3. The van der Waals surface area contributed by atoms with Crippen molar-refractivity contribution in [1.82, 2.24) is 9.97 Å². The monoisotopic (exact) mass is 206 g/mol. The molecule has 0 atom stereocenters. The van der Waals surface area contributed by atoms with Gasteiger partial charge in [-0.25, -0.2) is 14.8 Å². The molecule has 1 aliphatic rings. The van der Waals surface area contributed by atoms with Gasteiger partial charge < -0.3 is 5.11 Å². The first-order valence-corrected chi connectivity index (χ1v) is 4.09. The van der Waals surface area contributed by atoms with Crippen molar-refractivity contribution >= 4 is 23.5 Å². The van der Waals surface area contributed by atoms with E-state index < -0.39 is 11.9 Å². The van der Waals surface area contributed by atoms with E-state index in [1.54, 1.807) is 6.07 Å². The second-order valence-corrected chi connectivity index (χ2v) is 2.78. The van der Waals surface area contributed by atoms with Crippen LogP contribution in [0.25, 0.3) is 0 Å². The number of carbonyl (C=O) groups excluding carboxylic acids is 1. The number of nitrogens with zero attached hydrogens (tertiary/aromatic N) is 4. The molecule has 1 aromatic rings. The van der Waals surface area contributed by atoms with E-state index in [0.29, 0.717) is 0 Å². The van der Waals surface area contributed by atoms with E-state index in [4.69, 9.17) is 5.11 Å². The largest absolute Gasteiger partial charge is 0.477 e. The van der Waals surface area contributed by atoms with Crippen LogP contribution >= 0.6 is 0 Å². The Morgan fingerprint density at radius 1 is 1.40 bits per heavy atom. The molecule has 1 amide bonds. The van der Waals surface area contributed by atoms with Crippen molar-refractivity contribution in [1.29, 1.82) is 0 Å². The molecule has 2 rings (SSSR count). The molecule has 0 radical (unpaired) electrons. The zero-order valence-electron chi connectivity index (χ0n) is 7.49. The van der Waals surface area contributed by atoms with Gasteiger partial charge in [0.1, 0.15) is 0 Å². The third-order valence-corrected chi connectivity index (χ3v) is 1.76. The van der Waals surface area contributed by atoms with Crippen LogP contribution in [0.3, 0.4) is 0 Å². The first kappa shape index (κ1) is 9.25. The average molecular weight is 206 g/mol. The summed E-state index contributed by atoms with van der Waals surface area (Å²) < 4.78 is 0. The number of aliphatic carboxylic acids is 1. The first-order chi connectivity index (χ1) is 7.18. The maximum atomic E-state index is 11.4. The number of aromatic nitrogens is 2. The molecule has 0 aromatic carbocycles. The predicted octanol–water partition coefficient (Wildman–Crippen LogP) is -0.346. The van der Waals surface area contributed by atoms with Crippen molar-refractivity contribution < 1.29 is 14.7 Å². The summed E-state index contributed by atoms with van der Waals surface area (Å²) in [6.45, 7) is 0. The second kappa shape index (κ2) is 3.45. The number of carboxylic acid groups (broad SMARTS) is 1. The molecule has 1 aromatic heterocycles. The maximum Gasteiger partial charge on any atom is 0.352 e. The number of carboxylic acids is 1. The minimum atomic E-state index is -1.21. The zero-order valence-corrected chi connectivity index (χ0v) is 7.49. The normalized spacial score (nSPS) is 15.3. The van der Waals surface area contributed by atoms with Gasteiger partial charge in [-0.1, -0.05) is 0 Å². The molecule has 0 saturated carbocycles. The van der Waals surface area contributed by atoms with Gasteiger partial charge in [-0.15, -0.1) is 0 Å². The molecule has 0 saturated heterocycles. The van der Waals surface area contributed by atoms with Crippen LogP contribution in [0, 0.1) is 0 Å². The summed E-state index contributed by atoms with van der Waals surface area (Å²) in [5.41, 5.74) is -0.201. The topological polar surface area (TPSA) is 95.8 Å². The van der Waals surface area contributed by atoms with Gasteiger partial charge in [-0.05, 0) is 6.07 Å². The van der Waals surface area contributed by atoms with Crippen molar-refractivity contribution in [3.63, 3.8) is 0 Å². The molecule has 2 heterocycles. The van der Waals surface area contributed by atoms with Gasteiger partial charge in [0.15, 0.2) is 5.71 Å². The molecule has 15 heavy (non-hydrogen) atoms. The SMILES string of the molecule is O=C(O)C1=NN(c2ncccn2)C(=O)C1. The molecule has 0 bridgehead atoms. The Kier molecular flexibility index (Phi) is 2.13. The molecule has 76 valence electrons. The van der Waals surface area contributed by atoms with Crippen molar-refractivity contribution in [2.45, 2.75) is 6.42 Å². The quantitative estimate of drug-likeness (QED) is 0.713. The highest BCUT2D eigenvalue weighted by molar-refractivity contribution is 6.41. The summed E-state index contributed by atoms with van der Waals surface area (Å²) in [4.78, 5) is 29.5. The molecule has 7 heteroatoms. The highest BCUT2D eigenvalue weighted by Gasteiger charge is 2.30. The van der Waals surface area contributed by atoms with Gasteiger partial charge in [-0.3, -0.25) is 4.79 Å². The summed E-state index contributed by atoms with van der Waals surface area (Å²) in [7, 11) is 0. The fourth-order valence-electron chi connectivity index (χ4n) is 1.11. The van der Waals surface area contributed by atoms with Gasteiger partial charge in [0.25, 0.3) is 11.9 Å². The van der Waals surface area contributed by atoms with Crippen LogP contribution in [-0.4, -0.2) is 32.7 Å². The number of rotatable bonds is 2. The number of hydrogen-bond donors (Lipinski definition) is 1. The minimum Gasteiger partial charge on any atom is -0.477 e. The summed E-state index contributed by atoms with van der Waals surface area (Å²) in [6, 6.07) is 1.59. The molecule has 0 fully saturated rings. The van der Waals surface area contributed by atoms with Crippen molar-refractivity contribution in [2.24, 2.45) is 5.10 Å². The van der Waals surface area contributed by atoms with Gasteiger partial charge in [0.2, 0.25) is 0 Å². The average Bonchev–Trinajstić information content (AvgIpc) is 2.62. The number of amides is 1. The Morgan fingerprint density at radius 3 is 2.60 bits per heavy atom. The van der Waals surface area contributed by atoms with Gasteiger partial charge in [-0.2, -0.15) is 10.1 Å². The number of hydrogen-bond acceptors (Lipinski definition) is 5. The summed E-state index contributed by atoms with van der Waals surface area (Å²) in [5, 5.41) is 13.2. The lowest BCUT2D eigenvalue weighted by Gasteiger charge is -2.07. The Morgan fingerprint density at radius 2 is 2.07 bits per heavy atom. The summed E-state index contributed by atoms with van der Waals surface area (Å²) in [6.07, 6.45) is 2.67. The standard InChI is InChI=1S/C8H6N4O3/c13-6-4-5(7(14)15)11-12(6)8-9-2-1-3-10-8/h1-3H,4H2,(H,14,15). The number of hydrazone groups is 1. The zero-order chi connectivity index (χ0) is 10.8. The van der Waals surface area contributed by atoms with Crippen LogP contribution in [0.2, 0.25) is 0 Å². The van der Waals surface area contributed by atoms with Crippen molar-refractivity contribution in [3.8, 4) is 0 Å². The molecule has 0 aliphatic carbocycles. The Balaban J connectivity index is 2.32. The molecule has 0 unspecified atom stereocenters.